The minimum Gasteiger partial charge on any atom is -0.444 e. The van der Waals surface area contributed by atoms with E-state index in [1.54, 1.807) is 25.7 Å². The van der Waals surface area contributed by atoms with E-state index in [4.69, 9.17) is 16.3 Å². The Morgan fingerprint density at radius 2 is 1.88 bits per heavy atom. The van der Waals surface area contributed by atoms with E-state index in [2.05, 4.69) is 14.2 Å². The number of alkyl halides is 3. The van der Waals surface area contributed by atoms with Crippen LogP contribution in [0.4, 0.5) is 23.7 Å². The van der Waals surface area contributed by atoms with Crippen LogP contribution in [0.2, 0.25) is 5.02 Å². The van der Waals surface area contributed by atoms with Gasteiger partial charge in [-0.05, 0) is 33.8 Å². The summed E-state index contributed by atoms with van der Waals surface area (Å²) in [6.07, 6.45) is 0.971. The van der Waals surface area contributed by atoms with Crippen LogP contribution < -0.4 is 9.08 Å². The molecule has 0 N–H and O–H groups in total. The number of piperazine rings is 1. The molecule has 0 unspecified atom stereocenters. The molecule has 0 spiro atoms. The quantitative estimate of drug-likeness (QED) is 0.452. The Morgan fingerprint density at radius 1 is 1.21 bits per heavy atom. The summed E-state index contributed by atoms with van der Waals surface area (Å²) in [6.45, 7) is 8.48. The third-order valence-corrected chi connectivity index (χ3v) is 6.05. The van der Waals surface area contributed by atoms with Gasteiger partial charge in [0.05, 0.1) is 16.9 Å². The summed E-state index contributed by atoms with van der Waals surface area (Å²) < 4.78 is 69.4. The van der Waals surface area contributed by atoms with Crippen molar-refractivity contribution in [2.24, 2.45) is 0 Å². The summed E-state index contributed by atoms with van der Waals surface area (Å²) in [5, 5.41) is 0.531. The molecule has 0 radical (unpaired) electrons. The molecule has 182 valence electrons. The fourth-order valence-corrected chi connectivity index (χ4v) is 3.94. The maximum absolute atomic E-state index is 12.5. The number of rotatable bonds is 3. The minimum absolute atomic E-state index is 0.0842. The van der Waals surface area contributed by atoms with E-state index in [0.29, 0.717) is 30.7 Å². The molecule has 1 aliphatic rings. The molecule has 1 fully saturated rings. The van der Waals surface area contributed by atoms with E-state index in [1.807, 2.05) is 11.8 Å². The molecule has 2 aromatic rings. The van der Waals surface area contributed by atoms with Crippen molar-refractivity contribution in [2.75, 3.05) is 24.5 Å². The van der Waals surface area contributed by atoms with E-state index < -0.39 is 33.2 Å². The van der Waals surface area contributed by atoms with Gasteiger partial charge in [0.25, 0.3) is 0 Å². The molecule has 1 aliphatic heterocycles. The van der Waals surface area contributed by atoms with Crippen LogP contribution in [0.15, 0.2) is 18.3 Å². The second kappa shape index (κ2) is 8.67. The summed E-state index contributed by atoms with van der Waals surface area (Å²) in [5.74, 6) is -0.782. The van der Waals surface area contributed by atoms with Crippen LogP contribution in [0, 0.1) is 0 Å². The van der Waals surface area contributed by atoms with E-state index >= 15 is 0 Å². The molecule has 1 atom stereocenters. The van der Waals surface area contributed by atoms with Gasteiger partial charge in [-0.3, -0.25) is 0 Å². The highest BCUT2D eigenvalue weighted by Gasteiger charge is 2.49. The number of fused-ring (bicyclic) bond motifs is 1. The highest BCUT2D eigenvalue weighted by molar-refractivity contribution is 7.87. The highest BCUT2D eigenvalue weighted by atomic mass is 35.5. The van der Waals surface area contributed by atoms with Gasteiger partial charge in [0.1, 0.15) is 5.60 Å². The van der Waals surface area contributed by atoms with Gasteiger partial charge in [0.2, 0.25) is 5.88 Å². The van der Waals surface area contributed by atoms with E-state index in [1.165, 1.54) is 12.3 Å². The fraction of sp³-hybridized carbons (Fsp3) is 0.526. The average molecular weight is 511 g/mol. The zero-order valence-corrected chi connectivity index (χ0v) is 19.8. The molecule has 3 heterocycles. The number of hydrogen-bond donors (Lipinski definition) is 0. The standard InChI is InChI=1S/C19H22ClF3N4O5S/c1-11-10-26(7-8-27(11)17(28)31-18(2,3)4)13-9-24-16-12(15(13)20)5-6-14(25-16)32-33(29,30)19(21,22)23/h5-6,9,11H,7-8,10H2,1-4H3/t11-/m0/s1. The molecule has 2 aromatic heterocycles. The lowest BCUT2D eigenvalue weighted by Crippen LogP contribution is -2.55. The molecule has 14 heteroatoms. The number of amides is 1. The van der Waals surface area contributed by atoms with Crippen LogP contribution in [0.3, 0.4) is 0 Å². The fourth-order valence-electron chi connectivity index (χ4n) is 3.21. The first-order valence-electron chi connectivity index (χ1n) is 9.79. The monoisotopic (exact) mass is 510 g/mol. The van der Waals surface area contributed by atoms with Gasteiger partial charge in [-0.2, -0.15) is 26.6 Å². The summed E-state index contributed by atoms with van der Waals surface area (Å²) in [6, 6.07) is 2.05. The van der Waals surface area contributed by atoms with Crippen molar-refractivity contribution in [3.63, 3.8) is 0 Å². The smallest absolute Gasteiger partial charge is 0.444 e. The van der Waals surface area contributed by atoms with Gasteiger partial charge in [-0.1, -0.05) is 11.6 Å². The van der Waals surface area contributed by atoms with Gasteiger partial charge in [-0.25, -0.2) is 9.78 Å². The van der Waals surface area contributed by atoms with Crippen LogP contribution in [0.25, 0.3) is 11.0 Å². The first-order valence-corrected chi connectivity index (χ1v) is 11.6. The summed E-state index contributed by atoms with van der Waals surface area (Å²) in [7, 11) is -5.86. The van der Waals surface area contributed by atoms with E-state index in [9.17, 15) is 26.4 Å². The number of aromatic nitrogens is 2. The highest BCUT2D eigenvalue weighted by Crippen LogP contribution is 2.34. The molecule has 0 bridgehead atoms. The van der Waals surface area contributed by atoms with Crippen LogP contribution >= 0.6 is 11.6 Å². The number of pyridine rings is 2. The third kappa shape index (κ3) is 5.52. The number of halogens is 4. The zero-order chi connectivity index (χ0) is 24.8. The second-order valence-electron chi connectivity index (χ2n) is 8.43. The number of carbonyl (C=O) groups excluding carboxylic acids is 1. The topological polar surface area (TPSA) is 102 Å². The Hall–Kier alpha value is -2.54. The maximum atomic E-state index is 12.5. The third-order valence-electron chi connectivity index (χ3n) is 4.69. The SMILES string of the molecule is C[C@H]1CN(c2cnc3nc(OS(=O)(=O)C(F)(F)F)ccc3c2Cl)CCN1C(=O)OC(C)(C)C. The molecule has 0 saturated carbocycles. The Labute approximate surface area is 193 Å². The Kier molecular flexibility index (Phi) is 6.59. The van der Waals surface area contributed by atoms with Gasteiger partial charge < -0.3 is 18.7 Å². The molecule has 1 saturated heterocycles. The van der Waals surface area contributed by atoms with Crippen molar-refractivity contribution in [1.29, 1.82) is 0 Å². The maximum Gasteiger partial charge on any atom is 0.534 e. The number of nitrogens with zero attached hydrogens (tertiary/aromatic N) is 4. The lowest BCUT2D eigenvalue weighted by molar-refractivity contribution is -0.0501. The Balaban J connectivity index is 1.80. The Morgan fingerprint density at radius 3 is 2.45 bits per heavy atom. The first-order chi connectivity index (χ1) is 15.1. The van der Waals surface area contributed by atoms with Gasteiger partial charge in [-0.15, -0.1) is 0 Å². The number of carbonyl (C=O) groups is 1. The van der Waals surface area contributed by atoms with Crippen LogP contribution in [0.1, 0.15) is 27.7 Å². The molecule has 3 rings (SSSR count). The van der Waals surface area contributed by atoms with E-state index in [-0.39, 0.29) is 16.7 Å². The van der Waals surface area contributed by atoms with Crippen molar-refractivity contribution in [2.45, 2.75) is 44.8 Å². The minimum atomic E-state index is -5.86. The summed E-state index contributed by atoms with van der Waals surface area (Å²) in [4.78, 5) is 23.8. The van der Waals surface area contributed by atoms with Crippen molar-refractivity contribution in [1.82, 2.24) is 14.9 Å². The molecule has 33 heavy (non-hydrogen) atoms. The molecular formula is C19H22ClF3N4O5S. The summed E-state index contributed by atoms with van der Waals surface area (Å²) in [5.41, 5.74) is -5.75. The lowest BCUT2D eigenvalue weighted by atomic mass is 10.1. The molecular weight excluding hydrogens is 489 g/mol. The van der Waals surface area contributed by atoms with Gasteiger partial charge in [0.15, 0.2) is 5.65 Å². The van der Waals surface area contributed by atoms with Crippen LogP contribution in [-0.4, -0.2) is 66.2 Å². The predicted octanol–water partition coefficient (Wildman–Crippen LogP) is 3.96. The predicted molar refractivity (Wildman–Crippen MR) is 115 cm³/mol. The molecule has 0 aliphatic carbocycles. The second-order valence-corrected chi connectivity index (χ2v) is 10.3. The van der Waals surface area contributed by atoms with Gasteiger partial charge in [0, 0.05) is 37.1 Å². The molecule has 9 nitrogen and oxygen atoms in total. The number of hydrogen-bond acceptors (Lipinski definition) is 8. The van der Waals surface area contributed by atoms with Crippen molar-refractivity contribution in [3.05, 3.63) is 23.4 Å². The lowest BCUT2D eigenvalue weighted by Gasteiger charge is -2.41. The molecule has 0 aromatic carbocycles. The van der Waals surface area contributed by atoms with Crippen LogP contribution in [0.5, 0.6) is 5.88 Å². The normalized spacial score (nSPS) is 17.9. The summed E-state index contributed by atoms with van der Waals surface area (Å²) >= 11 is 6.50. The van der Waals surface area contributed by atoms with Crippen molar-refractivity contribution >= 4 is 44.5 Å². The zero-order valence-electron chi connectivity index (χ0n) is 18.2. The van der Waals surface area contributed by atoms with Crippen LogP contribution in [-0.2, 0) is 14.9 Å². The van der Waals surface area contributed by atoms with Crippen molar-refractivity contribution in [3.8, 4) is 5.88 Å². The van der Waals surface area contributed by atoms with Gasteiger partial charge >= 0.3 is 21.7 Å². The average Bonchev–Trinajstić information content (AvgIpc) is 2.65. The number of ether oxygens (including phenoxy) is 1. The van der Waals surface area contributed by atoms with E-state index in [0.717, 1.165) is 6.07 Å². The Bertz CT molecular complexity index is 1170. The molecule has 1 amide bonds. The largest absolute Gasteiger partial charge is 0.534 e. The number of anilines is 1. The van der Waals surface area contributed by atoms with Crippen molar-refractivity contribution < 1.29 is 35.3 Å². The first kappa shape index (κ1) is 25.1.